The molecule has 4 rings (SSSR count). The molecule has 1 amide bonds. The van der Waals surface area contributed by atoms with Crippen LogP contribution >= 0.6 is 0 Å². The molecule has 182 valence electrons. The summed E-state index contributed by atoms with van der Waals surface area (Å²) in [5.74, 6) is -0.944. The van der Waals surface area contributed by atoms with Crippen LogP contribution in [0.1, 0.15) is 46.9 Å². The molecule has 7 nitrogen and oxygen atoms in total. The summed E-state index contributed by atoms with van der Waals surface area (Å²) < 4.78 is 40.3. The molecule has 9 heteroatoms. The van der Waals surface area contributed by atoms with Gasteiger partial charge in [0.05, 0.1) is 10.5 Å². The smallest absolute Gasteiger partial charge is 0.272 e. The third kappa shape index (κ3) is 5.29. The standard InChI is InChI=1S/C26H28FN5O2S/c1-17(8-9-18-6-4-3-5-7-18)23-13-11-21-24(35(29,34)31-23)16-32(2)25(21)26(33)30-20-10-12-22(27)19(14-20)15-28/h3-7,10,12,14,16-17,23H,8-9,11,13H2,1-2H3,(H,30,33)(H2,29,31,34)/t17-,23?,35?/m0/s1. The third-order valence-electron chi connectivity index (χ3n) is 6.56. The van der Waals surface area contributed by atoms with Crippen LogP contribution in [0, 0.1) is 27.8 Å². The highest BCUT2D eigenvalue weighted by atomic mass is 32.2. The second-order valence-electron chi connectivity index (χ2n) is 9.01. The van der Waals surface area contributed by atoms with Gasteiger partial charge in [0.2, 0.25) is 0 Å². The maximum atomic E-state index is 13.7. The molecule has 2 heterocycles. The Balaban J connectivity index is 1.54. The van der Waals surface area contributed by atoms with Crippen LogP contribution in [0.2, 0.25) is 0 Å². The molecule has 3 N–H and O–H groups in total. The van der Waals surface area contributed by atoms with Crippen molar-refractivity contribution in [1.29, 1.82) is 10.0 Å². The number of nitrogens with zero attached hydrogens (tertiary/aromatic N) is 2. The average molecular weight is 494 g/mol. The molecule has 0 spiro atoms. The van der Waals surface area contributed by atoms with E-state index in [-0.39, 0.29) is 23.2 Å². The molecule has 2 aromatic carbocycles. The quantitative estimate of drug-likeness (QED) is 0.459. The Morgan fingerprint density at radius 1 is 1.34 bits per heavy atom. The number of fused-ring (bicyclic) bond motifs is 1. The lowest BCUT2D eigenvalue weighted by Gasteiger charge is -2.24. The van der Waals surface area contributed by atoms with Crippen molar-refractivity contribution in [3.63, 3.8) is 0 Å². The fourth-order valence-corrected chi connectivity index (χ4v) is 6.35. The van der Waals surface area contributed by atoms with Crippen molar-refractivity contribution >= 4 is 21.5 Å². The molecule has 1 aromatic heterocycles. The van der Waals surface area contributed by atoms with Crippen molar-refractivity contribution in [2.24, 2.45) is 13.0 Å². The van der Waals surface area contributed by atoms with E-state index < -0.39 is 21.6 Å². The van der Waals surface area contributed by atoms with Gasteiger partial charge in [0, 0.05) is 30.5 Å². The number of benzene rings is 2. The Bertz CT molecular complexity index is 1390. The zero-order valence-corrected chi connectivity index (χ0v) is 20.5. The number of aromatic nitrogens is 1. The number of amides is 1. The van der Waals surface area contributed by atoms with Gasteiger partial charge in [-0.2, -0.15) is 5.26 Å². The molecule has 0 saturated heterocycles. The van der Waals surface area contributed by atoms with Gasteiger partial charge in [-0.1, -0.05) is 37.3 Å². The lowest BCUT2D eigenvalue weighted by Crippen LogP contribution is -2.37. The lowest BCUT2D eigenvalue weighted by atomic mass is 9.91. The largest absolute Gasteiger partial charge is 0.345 e. The first kappa shape index (κ1) is 24.6. The first-order valence-electron chi connectivity index (χ1n) is 11.5. The minimum absolute atomic E-state index is 0.132. The van der Waals surface area contributed by atoms with Crippen molar-refractivity contribution in [1.82, 2.24) is 9.29 Å². The normalized spacial score (nSPS) is 20.3. The second-order valence-corrected chi connectivity index (χ2v) is 10.8. The van der Waals surface area contributed by atoms with Gasteiger partial charge >= 0.3 is 0 Å². The molecule has 2 unspecified atom stereocenters. The van der Waals surface area contributed by atoms with E-state index >= 15 is 0 Å². The number of nitriles is 1. The average Bonchev–Trinajstić information content (AvgIpc) is 3.12. The van der Waals surface area contributed by atoms with Crippen molar-refractivity contribution in [3.8, 4) is 6.07 Å². The molecule has 0 radical (unpaired) electrons. The zero-order chi connectivity index (χ0) is 25.2. The predicted molar refractivity (Wildman–Crippen MR) is 133 cm³/mol. The molecule has 1 aliphatic heterocycles. The van der Waals surface area contributed by atoms with Gasteiger partial charge in [0.1, 0.15) is 27.5 Å². The van der Waals surface area contributed by atoms with Crippen LogP contribution in [-0.4, -0.2) is 20.7 Å². The summed E-state index contributed by atoms with van der Waals surface area (Å²) in [6.07, 6.45) is 4.49. The number of aryl methyl sites for hydroxylation is 2. The summed E-state index contributed by atoms with van der Waals surface area (Å²) in [7, 11) is -1.65. The predicted octanol–water partition coefficient (Wildman–Crippen LogP) is 4.78. The molecule has 0 bridgehead atoms. The van der Waals surface area contributed by atoms with Gasteiger partial charge in [0.15, 0.2) is 0 Å². The van der Waals surface area contributed by atoms with Crippen LogP contribution in [0.25, 0.3) is 0 Å². The molecule has 0 aliphatic carbocycles. The van der Waals surface area contributed by atoms with Crippen molar-refractivity contribution in [2.45, 2.75) is 43.5 Å². The van der Waals surface area contributed by atoms with E-state index in [9.17, 15) is 13.4 Å². The number of halogens is 1. The summed E-state index contributed by atoms with van der Waals surface area (Å²) in [4.78, 5) is 13.5. The molecule has 35 heavy (non-hydrogen) atoms. The monoisotopic (exact) mass is 493 g/mol. The number of anilines is 1. The SMILES string of the molecule is C[C@@H](CCc1ccccc1)C1CCc2c(cn(C)c2C(=O)Nc2ccc(F)c(C#N)c2)S(=N)(=O)N1. The molecule has 3 aromatic rings. The highest BCUT2D eigenvalue weighted by Crippen LogP contribution is 2.31. The minimum Gasteiger partial charge on any atom is -0.345 e. The van der Waals surface area contributed by atoms with E-state index in [1.54, 1.807) is 23.9 Å². The Kier molecular flexibility index (Phi) is 7.05. The fraction of sp³-hybridized carbons (Fsp3) is 0.308. The summed E-state index contributed by atoms with van der Waals surface area (Å²) >= 11 is 0. The highest BCUT2D eigenvalue weighted by Gasteiger charge is 2.32. The van der Waals surface area contributed by atoms with Gasteiger partial charge in [-0.15, -0.1) is 0 Å². The number of carbonyl (C=O) groups is 1. The molecule has 0 saturated carbocycles. The van der Waals surface area contributed by atoms with Gasteiger partial charge in [0.25, 0.3) is 5.91 Å². The van der Waals surface area contributed by atoms with E-state index in [0.29, 0.717) is 29.0 Å². The van der Waals surface area contributed by atoms with E-state index in [2.05, 4.69) is 29.1 Å². The van der Waals surface area contributed by atoms with Crippen LogP contribution in [0.3, 0.4) is 0 Å². The number of hydrogen-bond donors (Lipinski definition) is 3. The number of rotatable bonds is 6. The molecular formula is C26H28FN5O2S. The van der Waals surface area contributed by atoms with Crippen LogP contribution in [0.5, 0.6) is 0 Å². The van der Waals surface area contributed by atoms with Gasteiger partial charge in [-0.3, -0.25) is 4.79 Å². The number of hydrogen-bond acceptors (Lipinski definition) is 4. The van der Waals surface area contributed by atoms with E-state index in [4.69, 9.17) is 10.0 Å². The van der Waals surface area contributed by atoms with E-state index in [1.807, 2.05) is 18.2 Å². The summed E-state index contributed by atoms with van der Waals surface area (Å²) in [6.45, 7) is 2.10. The van der Waals surface area contributed by atoms with Crippen LogP contribution in [-0.2, 0) is 29.8 Å². The molecule has 0 fully saturated rings. The van der Waals surface area contributed by atoms with E-state index in [1.165, 1.54) is 17.7 Å². The lowest BCUT2D eigenvalue weighted by molar-refractivity contribution is 0.101. The number of nitrogens with one attached hydrogen (secondary N) is 3. The molecular weight excluding hydrogens is 465 g/mol. The first-order chi connectivity index (χ1) is 16.7. The molecule has 1 aliphatic rings. The number of carbonyl (C=O) groups excluding carboxylic acids is 1. The Labute approximate surface area is 205 Å². The Morgan fingerprint density at radius 3 is 2.80 bits per heavy atom. The maximum absolute atomic E-state index is 13.7. The second kappa shape index (κ2) is 10.0. The summed E-state index contributed by atoms with van der Waals surface area (Å²) in [5, 5.41) is 11.8. The van der Waals surface area contributed by atoms with Gasteiger partial charge < -0.3 is 9.88 Å². The van der Waals surface area contributed by atoms with Crippen molar-refractivity contribution in [2.75, 3.05) is 5.32 Å². The Morgan fingerprint density at radius 2 is 2.09 bits per heavy atom. The first-order valence-corrected chi connectivity index (χ1v) is 13.0. The molecule has 3 atom stereocenters. The third-order valence-corrected chi connectivity index (χ3v) is 8.16. The summed E-state index contributed by atoms with van der Waals surface area (Å²) in [5.41, 5.74) is 2.25. The Hall–Kier alpha value is -3.48. The van der Waals surface area contributed by atoms with Crippen LogP contribution < -0.4 is 10.0 Å². The summed E-state index contributed by atoms with van der Waals surface area (Å²) in [6, 6.07) is 15.6. The van der Waals surface area contributed by atoms with Crippen LogP contribution in [0.15, 0.2) is 59.6 Å². The van der Waals surface area contributed by atoms with Crippen LogP contribution in [0.4, 0.5) is 10.1 Å². The fourth-order valence-electron chi connectivity index (χ4n) is 4.59. The highest BCUT2D eigenvalue weighted by molar-refractivity contribution is 7.90. The van der Waals surface area contributed by atoms with E-state index in [0.717, 1.165) is 18.9 Å². The minimum atomic E-state index is -3.32. The van der Waals surface area contributed by atoms with Gasteiger partial charge in [-0.25, -0.2) is 18.1 Å². The van der Waals surface area contributed by atoms with Gasteiger partial charge in [-0.05, 0) is 55.4 Å². The van der Waals surface area contributed by atoms with Crippen molar-refractivity contribution < 1.29 is 13.4 Å². The zero-order valence-electron chi connectivity index (χ0n) is 19.7. The van der Waals surface area contributed by atoms with Crippen molar-refractivity contribution in [3.05, 3.63) is 82.9 Å². The topological polar surface area (TPSA) is 111 Å². The maximum Gasteiger partial charge on any atom is 0.272 e.